The molecule has 1 saturated carbocycles. The number of nitrogens with zero attached hydrogens (tertiary/aromatic N) is 2. The number of amides is 1. The number of anilines is 1. The zero-order valence-corrected chi connectivity index (χ0v) is 20.4. The third-order valence-corrected chi connectivity index (χ3v) is 6.64. The normalized spacial score (nSPS) is 18.7. The Morgan fingerprint density at radius 3 is 2.37 bits per heavy atom. The molecule has 184 valence electrons. The first kappa shape index (κ1) is 25.0. The number of methoxy groups -OCH3 is 2. The van der Waals surface area contributed by atoms with E-state index in [0.717, 1.165) is 22.4 Å². The maximum atomic E-state index is 13.7. The van der Waals surface area contributed by atoms with Crippen LogP contribution in [0.1, 0.15) is 30.5 Å². The van der Waals surface area contributed by atoms with Gasteiger partial charge < -0.3 is 20.1 Å². The Labute approximate surface area is 205 Å². The van der Waals surface area contributed by atoms with Crippen LogP contribution in [0.5, 0.6) is 0 Å². The van der Waals surface area contributed by atoms with Crippen molar-refractivity contribution in [3.8, 4) is 11.1 Å². The molecular formula is C28H32FN3O3. The van der Waals surface area contributed by atoms with Crippen molar-refractivity contribution < 1.29 is 18.7 Å². The van der Waals surface area contributed by atoms with Crippen LogP contribution in [0.25, 0.3) is 11.1 Å². The van der Waals surface area contributed by atoms with Gasteiger partial charge in [-0.05, 0) is 54.3 Å². The zero-order valence-electron chi connectivity index (χ0n) is 20.4. The van der Waals surface area contributed by atoms with E-state index < -0.39 is 0 Å². The zero-order chi connectivity index (χ0) is 24.9. The number of carbonyl (C=O) groups excluding carboxylic acids is 1. The summed E-state index contributed by atoms with van der Waals surface area (Å²) in [7, 11) is 3.29. The molecule has 0 saturated heterocycles. The van der Waals surface area contributed by atoms with E-state index >= 15 is 0 Å². The molecule has 1 aliphatic rings. The summed E-state index contributed by atoms with van der Waals surface area (Å²) in [5.74, 6) is -0.702. The summed E-state index contributed by atoms with van der Waals surface area (Å²) < 4.78 is 24.2. The maximum absolute atomic E-state index is 13.7. The van der Waals surface area contributed by atoms with Crippen LogP contribution in [-0.2, 0) is 20.9 Å². The molecule has 3 aromatic rings. The number of ether oxygens (including phenoxy) is 2. The van der Waals surface area contributed by atoms with Crippen molar-refractivity contribution in [3.63, 3.8) is 0 Å². The summed E-state index contributed by atoms with van der Waals surface area (Å²) in [6.07, 6.45) is 1.88. The van der Waals surface area contributed by atoms with Gasteiger partial charge in [0, 0.05) is 56.2 Å². The predicted octanol–water partition coefficient (Wildman–Crippen LogP) is 4.53. The van der Waals surface area contributed by atoms with Gasteiger partial charge >= 0.3 is 0 Å². The Hall–Kier alpha value is -3.13. The highest BCUT2D eigenvalue weighted by Crippen LogP contribution is 2.48. The summed E-state index contributed by atoms with van der Waals surface area (Å²) in [5.41, 5.74) is 11.0. The van der Waals surface area contributed by atoms with E-state index in [1.165, 1.54) is 18.3 Å². The van der Waals surface area contributed by atoms with Crippen molar-refractivity contribution in [3.05, 3.63) is 83.9 Å². The van der Waals surface area contributed by atoms with Gasteiger partial charge in [0.15, 0.2) is 0 Å². The van der Waals surface area contributed by atoms with Crippen molar-refractivity contribution >= 4 is 11.6 Å². The lowest BCUT2D eigenvalue weighted by atomic mass is 10.0. The summed E-state index contributed by atoms with van der Waals surface area (Å²) in [6.45, 7) is 2.78. The average Bonchev–Trinajstić information content (AvgIpc) is 3.68. The molecule has 0 spiro atoms. The van der Waals surface area contributed by atoms with Crippen LogP contribution in [0.15, 0.2) is 66.9 Å². The summed E-state index contributed by atoms with van der Waals surface area (Å²) in [6, 6.07) is 18.5. The van der Waals surface area contributed by atoms with Gasteiger partial charge in [0.05, 0.1) is 12.7 Å². The molecule has 4 atom stereocenters. The van der Waals surface area contributed by atoms with Crippen LogP contribution >= 0.6 is 0 Å². The molecule has 0 unspecified atom stereocenters. The Bertz CT molecular complexity index is 1140. The Morgan fingerprint density at radius 1 is 1.11 bits per heavy atom. The van der Waals surface area contributed by atoms with Gasteiger partial charge in [-0.25, -0.2) is 4.39 Å². The first-order chi connectivity index (χ1) is 16.9. The number of rotatable bonds is 10. The molecule has 35 heavy (non-hydrogen) atoms. The van der Waals surface area contributed by atoms with Crippen molar-refractivity contribution in [1.82, 2.24) is 4.98 Å². The summed E-state index contributed by atoms with van der Waals surface area (Å²) in [4.78, 5) is 19.6. The third-order valence-electron chi connectivity index (χ3n) is 6.64. The number of nitrogens with two attached hydrogens (primary N) is 1. The quantitative estimate of drug-likeness (QED) is 0.464. The lowest BCUT2D eigenvalue weighted by Crippen LogP contribution is -2.47. The highest BCUT2D eigenvalue weighted by Gasteiger charge is 2.47. The molecule has 1 aliphatic carbocycles. The van der Waals surface area contributed by atoms with Gasteiger partial charge in [0.1, 0.15) is 5.82 Å². The summed E-state index contributed by atoms with van der Waals surface area (Å²) in [5, 5.41) is 0. The van der Waals surface area contributed by atoms with Crippen molar-refractivity contribution in [2.24, 2.45) is 11.7 Å². The van der Waals surface area contributed by atoms with Gasteiger partial charge in [-0.2, -0.15) is 0 Å². The van der Waals surface area contributed by atoms with Crippen LogP contribution in [-0.4, -0.2) is 43.8 Å². The van der Waals surface area contributed by atoms with E-state index in [-0.39, 0.29) is 35.7 Å². The van der Waals surface area contributed by atoms with Crippen LogP contribution < -0.4 is 10.6 Å². The van der Waals surface area contributed by atoms with Crippen molar-refractivity contribution in [1.29, 1.82) is 0 Å². The molecule has 6 nitrogen and oxygen atoms in total. The molecule has 1 amide bonds. The lowest BCUT2D eigenvalue weighted by molar-refractivity contribution is -0.120. The number of halogens is 1. The number of aromatic nitrogens is 1. The minimum atomic E-state index is -0.360. The minimum Gasteiger partial charge on any atom is -0.380 e. The van der Waals surface area contributed by atoms with E-state index in [1.54, 1.807) is 19.1 Å². The van der Waals surface area contributed by atoms with Crippen LogP contribution in [0, 0.1) is 11.7 Å². The second kappa shape index (κ2) is 11.1. The fourth-order valence-corrected chi connectivity index (χ4v) is 4.27. The summed E-state index contributed by atoms with van der Waals surface area (Å²) >= 11 is 0. The van der Waals surface area contributed by atoms with E-state index in [0.29, 0.717) is 25.3 Å². The highest BCUT2D eigenvalue weighted by atomic mass is 19.1. The molecule has 4 rings (SSSR count). The van der Waals surface area contributed by atoms with Crippen LogP contribution in [0.4, 0.5) is 10.1 Å². The molecule has 0 bridgehead atoms. The smallest absolute Gasteiger partial charge is 0.230 e. The fourth-order valence-electron chi connectivity index (χ4n) is 4.27. The number of hydrogen-bond acceptors (Lipinski definition) is 5. The highest BCUT2D eigenvalue weighted by molar-refractivity contribution is 5.97. The van der Waals surface area contributed by atoms with Crippen molar-refractivity contribution in [2.75, 3.05) is 25.7 Å². The molecule has 0 radical (unpaired) electrons. The topological polar surface area (TPSA) is 77.7 Å². The monoisotopic (exact) mass is 477 g/mol. The largest absolute Gasteiger partial charge is 0.380 e. The second-order valence-corrected chi connectivity index (χ2v) is 9.08. The number of hydrogen-bond donors (Lipinski definition) is 1. The Kier molecular flexibility index (Phi) is 7.90. The van der Waals surface area contributed by atoms with Gasteiger partial charge in [-0.1, -0.05) is 36.4 Å². The number of benzene rings is 2. The first-order valence-electron chi connectivity index (χ1n) is 11.8. The lowest BCUT2D eigenvalue weighted by Gasteiger charge is -2.29. The van der Waals surface area contributed by atoms with E-state index in [1.807, 2.05) is 43.3 Å². The maximum Gasteiger partial charge on any atom is 0.230 e. The SMILES string of the molecule is COCc1ccc(-c2ccc(N(C[C@@H](N)[C@@H](C)OC)C(=O)[C@@H]3C[C@H]3c3cc(F)ccn3)cc2)cc1. The number of pyridine rings is 1. The average molecular weight is 478 g/mol. The standard InChI is InChI=1S/C28H32FN3O3/c1-18(35-3)26(30)16-32(28(33)25-15-24(25)27-14-22(29)12-13-31-27)23-10-8-21(9-11-23)20-6-4-19(5-7-20)17-34-2/h4-14,18,24-26H,15-17,30H2,1-3H3/t18-,24-,25-,26-/m1/s1. The first-order valence-corrected chi connectivity index (χ1v) is 11.8. The van der Waals surface area contributed by atoms with Gasteiger partial charge in [-0.3, -0.25) is 9.78 Å². The third kappa shape index (κ3) is 5.93. The molecule has 0 aliphatic heterocycles. The molecular weight excluding hydrogens is 445 g/mol. The van der Waals surface area contributed by atoms with Gasteiger partial charge in [0.2, 0.25) is 5.91 Å². The van der Waals surface area contributed by atoms with Crippen LogP contribution in [0.3, 0.4) is 0 Å². The van der Waals surface area contributed by atoms with Gasteiger partial charge in [-0.15, -0.1) is 0 Å². The van der Waals surface area contributed by atoms with Crippen LogP contribution in [0.2, 0.25) is 0 Å². The van der Waals surface area contributed by atoms with E-state index in [9.17, 15) is 9.18 Å². The predicted molar refractivity (Wildman–Crippen MR) is 134 cm³/mol. The second-order valence-electron chi connectivity index (χ2n) is 9.08. The molecule has 1 aromatic heterocycles. The Morgan fingerprint density at radius 2 is 1.77 bits per heavy atom. The van der Waals surface area contributed by atoms with E-state index in [2.05, 4.69) is 17.1 Å². The molecule has 7 heteroatoms. The molecule has 2 N–H and O–H groups in total. The van der Waals surface area contributed by atoms with E-state index in [4.69, 9.17) is 15.2 Å². The fraction of sp³-hybridized carbons (Fsp3) is 0.357. The number of carbonyl (C=O) groups is 1. The van der Waals surface area contributed by atoms with Gasteiger partial charge in [0.25, 0.3) is 0 Å². The van der Waals surface area contributed by atoms with Crippen molar-refractivity contribution in [2.45, 2.75) is 38.0 Å². The molecule has 1 heterocycles. The molecule has 2 aromatic carbocycles. The Balaban J connectivity index is 1.55. The minimum absolute atomic E-state index is 0.0310. The molecule has 1 fully saturated rings.